The summed E-state index contributed by atoms with van der Waals surface area (Å²) in [6.07, 6.45) is 4.43. The van der Waals surface area contributed by atoms with E-state index in [-0.39, 0.29) is 17.1 Å². The molecule has 0 N–H and O–H groups in total. The molecule has 0 aliphatic carbocycles. The van der Waals surface area contributed by atoms with Crippen molar-refractivity contribution < 1.29 is 26.9 Å². The van der Waals surface area contributed by atoms with Gasteiger partial charge in [-0.25, -0.2) is 0 Å². The Morgan fingerprint density at radius 3 is 2.25 bits per heavy atom. The Morgan fingerprint density at radius 2 is 1.83 bits per heavy atom. The fourth-order valence-corrected chi connectivity index (χ4v) is 2.99. The van der Waals surface area contributed by atoms with Crippen LogP contribution in [0.15, 0.2) is 0 Å². The molecule has 0 atom stereocenters. The molecule has 0 rings (SSSR count). The van der Waals surface area contributed by atoms with Gasteiger partial charge in [-0.05, 0) is 12.2 Å². The first-order chi connectivity index (χ1) is 5.06. The van der Waals surface area contributed by atoms with E-state index in [1.165, 1.54) is 12.8 Å². The van der Waals surface area contributed by atoms with E-state index in [0.717, 1.165) is 24.2 Å². The Bertz CT molecular complexity index is 140. The van der Waals surface area contributed by atoms with Gasteiger partial charge in [-0.15, -0.1) is 11.8 Å². The van der Waals surface area contributed by atoms with Crippen molar-refractivity contribution >= 4 is 28.9 Å². The zero-order valence-corrected chi connectivity index (χ0v) is 10.4. The van der Waals surface area contributed by atoms with Crippen molar-refractivity contribution in [3.05, 3.63) is 0 Å². The second-order valence-electron chi connectivity index (χ2n) is 2.34. The minimum Gasteiger partial charge on any atom is -0.825 e. The molecule has 0 heterocycles. The second kappa shape index (κ2) is 9.01. The number of unbranched alkanes of at least 4 members (excludes halogenated alkanes) is 3. The van der Waals surface area contributed by atoms with Crippen molar-refractivity contribution in [1.29, 1.82) is 0 Å². The third kappa shape index (κ3) is 14.0. The average molecular weight is 276 g/mol. The van der Waals surface area contributed by atoms with E-state index in [1.807, 2.05) is 0 Å². The molecule has 0 unspecified atom stereocenters. The minimum atomic E-state index is -3.46. The van der Waals surface area contributed by atoms with Crippen molar-refractivity contribution in [2.45, 2.75) is 32.6 Å². The van der Waals surface area contributed by atoms with Crippen molar-refractivity contribution in [2.75, 3.05) is 5.75 Å². The Labute approximate surface area is 93.9 Å². The molecule has 12 heavy (non-hydrogen) atoms. The molecule has 0 aromatic heterocycles. The first-order valence-electron chi connectivity index (χ1n) is 3.73. The zero-order chi connectivity index (χ0) is 8.74. The van der Waals surface area contributed by atoms with Gasteiger partial charge < -0.3 is 9.79 Å². The van der Waals surface area contributed by atoms with Crippen molar-refractivity contribution in [3.8, 4) is 0 Å². The van der Waals surface area contributed by atoms with Crippen molar-refractivity contribution in [3.63, 3.8) is 0 Å². The maximum absolute atomic E-state index is 10.5. The van der Waals surface area contributed by atoms with Gasteiger partial charge in [0.2, 0.25) is 0 Å². The van der Waals surface area contributed by atoms with Gasteiger partial charge in [0, 0.05) is 0 Å². The summed E-state index contributed by atoms with van der Waals surface area (Å²) in [6, 6.07) is 0. The van der Waals surface area contributed by atoms with Crippen LogP contribution in [0.4, 0.5) is 0 Å². The van der Waals surface area contributed by atoms with Crippen LogP contribution in [0.3, 0.4) is 0 Å². The van der Waals surface area contributed by atoms with E-state index in [0.29, 0.717) is 5.75 Å². The van der Waals surface area contributed by atoms with Crippen molar-refractivity contribution in [2.24, 2.45) is 0 Å². The molecule has 0 amide bonds. The first-order valence-corrected chi connectivity index (χ1v) is 7.95. The van der Waals surface area contributed by atoms with E-state index in [4.69, 9.17) is 0 Å². The SMILES string of the molecule is CCCCCCSP([O-])([O-])=S.[Cu+2]. The molecule has 0 bridgehead atoms. The third-order valence-electron chi connectivity index (χ3n) is 1.25. The summed E-state index contributed by atoms with van der Waals surface area (Å²) in [5.41, 5.74) is -3.46. The normalized spacial score (nSPS) is 10.9. The molecular formula is C6H13CuO2PS2. The molecule has 6 heteroatoms. The molecule has 0 spiro atoms. The van der Waals surface area contributed by atoms with Gasteiger partial charge in [0.25, 0.3) is 0 Å². The Hall–Kier alpha value is 1.44. The van der Waals surface area contributed by atoms with Crippen LogP contribution >= 0.6 is 17.1 Å². The quantitative estimate of drug-likeness (QED) is 0.416. The Kier molecular flexibility index (Phi) is 11.9. The summed E-state index contributed by atoms with van der Waals surface area (Å²) >= 11 is 5.12. The first kappa shape index (κ1) is 15.9. The van der Waals surface area contributed by atoms with E-state index in [2.05, 4.69) is 18.7 Å². The maximum Gasteiger partial charge on any atom is 2.00 e. The summed E-state index contributed by atoms with van der Waals surface area (Å²) in [4.78, 5) is 20.9. The molecule has 0 aliphatic heterocycles. The fourth-order valence-electron chi connectivity index (χ4n) is 0.705. The van der Waals surface area contributed by atoms with Gasteiger partial charge in [-0.3, -0.25) is 0 Å². The van der Waals surface area contributed by atoms with Gasteiger partial charge >= 0.3 is 17.1 Å². The largest absolute Gasteiger partial charge is 2.00 e. The second-order valence-corrected chi connectivity index (χ2v) is 8.25. The van der Waals surface area contributed by atoms with Crippen molar-refractivity contribution in [1.82, 2.24) is 0 Å². The maximum atomic E-state index is 10.5. The van der Waals surface area contributed by atoms with Crippen LogP contribution in [-0.2, 0) is 28.9 Å². The molecule has 0 aliphatic rings. The molecule has 1 radical (unpaired) electrons. The number of hydrogen-bond donors (Lipinski definition) is 0. The molecule has 2 nitrogen and oxygen atoms in total. The van der Waals surface area contributed by atoms with Crippen LogP contribution in [0.5, 0.6) is 0 Å². The standard InChI is InChI=1S/C6H15O2PS2.Cu/c1-2-3-4-5-6-11-9(7,8)10;/h2-6H2,1H3,(H2,7,8,10);/q;+2/p-2. The van der Waals surface area contributed by atoms with Crippen LogP contribution in [0.25, 0.3) is 0 Å². The molecule has 0 saturated heterocycles. The minimum absolute atomic E-state index is 0. The summed E-state index contributed by atoms with van der Waals surface area (Å²) < 4.78 is 0. The van der Waals surface area contributed by atoms with Crippen LogP contribution in [0, 0.1) is 0 Å². The predicted octanol–water partition coefficient (Wildman–Crippen LogP) is 1.24. The zero-order valence-electron chi connectivity index (χ0n) is 6.92. The topological polar surface area (TPSA) is 46.1 Å². The van der Waals surface area contributed by atoms with E-state index < -0.39 is 5.69 Å². The van der Waals surface area contributed by atoms with E-state index >= 15 is 0 Å². The smallest absolute Gasteiger partial charge is 0.825 e. The summed E-state index contributed by atoms with van der Waals surface area (Å²) in [5.74, 6) is 0.657. The van der Waals surface area contributed by atoms with Gasteiger partial charge in [0.1, 0.15) is 0 Å². The Morgan fingerprint density at radius 1 is 1.25 bits per heavy atom. The Balaban J connectivity index is 0. The molecule has 0 fully saturated rings. The third-order valence-corrected chi connectivity index (χ3v) is 4.48. The summed E-state index contributed by atoms with van der Waals surface area (Å²) in [7, 11) is 0. The van der Waals surface area contributed by atoms with Crippen LogP contribution < -0.4 is 9.79 Å². The van der Waals surface area contributed by atoms with E-state index in [1.54, 1.807) is 0 Å². The summed E-state index contributed by atoms with van der Waals surface area (Å²) in [5, 5.41) is 0. The molecule has 0 saturated carbocycles. The van der Waals surface area contributed by atoms with Gasteiger partial charge in [0.05, 0.1) is 0 Å². The predicted molar refractivity (Wildman–Crippen MR) is 50.9 cm³/mol. The molecule has 0 aromatic carbocycles. The number of rotatable bonds is 6. The number of hydrogen-bond acceptors (Lipinski definition) is 4. The fraction of sp³-hybridized carbons (Fsp3) is 1.00. The van der Waals surface area contributed by atoms with Gasteiger partial charge in [0.15, 0.2) is 0 Å². The molecule has 0 aromatic rings. The molecular weight excluding hydrogens is 263 g/mol. The van der Waals surface area contributed by atoms with Gasteiger partial charge in [-0.1, -0.05) is 26.2 Å². The van der Waals surface area contributed by atoms with Gasteiger partial charge in [-0.2, -0.15) is 17.1 Å². The monoisotopic (exact) mass is 275 g/mol. The molecule has 77 valence electrons. The average Bonchev–Trinajstić information content (AvgIpc) is 1.85. The van der Waals surface area contributed by atoms with Crippen LogP contribution in [-0.4, -0.2) is 5.75 Å². The van der Waals surface area contributed by atoms with E-state index in [9.17, 15) is 9.79 Å². The van der Waals surface area contributed by atoms with Crippen LogP contribution in [0.2, 0.25) is 0 Å². The van der Waals surface area contributed by atoms with Crippen LogP contribution in [0.1, 0.15) is 32.6 Å². The summed E-state index contributed by atoms with van der Waals surface area (Å²) in [6.45, 7) is 2.12.